The molecule has 3 aliphatic rings. The van der Waals surface area contributed by atoms with Crippen molar-refractivity contribution in [2.45, 2.75) is 80.4 Å². The molecule has 2 aliphatic heterocycles. The van der Waals surface area contributed by atoms with E-state index in [1.54, 1.807) is 0 Å². The number of aryl methyl sites for hydroxylation is 2. The Balaban J connectivity index is 1.42. The molecule has 156 valence electrons. The Kier molecular flexibility index (Phi) is 5.98. The summed E-state index contributed by atoms with van der Waals surface area (Å²) in [6.07, 6.45) is 12.7. The van der Waals surface area contributed by atoms with Crippen molar-refractivity contribution in [3.05, 3.63) is 47.4 Å². The van der Waals surface area contributed by atoms with E-state index in [-0.39, 0.29) is 6.10 Å². The third-order valence-corrected chi connectivity index (χ3v) is 8.06. The highest BCUT2D eigenvalue weighted by Gasteiger charge is 2.31. The van der Waals surface area contributed by atoms with E-state index >= 15 is 0 Å². The maximum absolute atomic E-state index is 6.80. The number of imidazole rings is 1. The number of likely N-dealkylation sites (tertiary alicyclic amines) is 1. The van der Waals surface area contributed by atoms with Crippen LogP contribution in [0.15, 0.2) is 35.5 Å². The highest BCUT2D eigenvalue weighted by Crippen LogP contribution is 2.38. The van der Waals surface area contributed by atoms with Gasteiger partial charge in [0.1, 0.15) is 17.0 Å². The van der Waals surface area contributed by atoms with E-state index in [4.69, 9.17) is 9.72 Å². The number of nitrogens with zero attached hydrogens (tertiary/aromatic N) is 3. The summed E-state index contributed by atoms with van der Waals surface area (Å²) in [6.45, 7) is 3.24. The van der Waals surface area contributed by atoms with Crippen LogP contribution in [0.5, 0.6) is 0 Å². The number of rotatable bonds is 4. The van der Waals surface area contributed by atoms with Gasteiger partial charge in [0.25, 0.3) is 0 Å². The van der Waals surface area contributed by atoms with E-state index in [2.05, 4.69) is 47.0 Å². The summed E-state index contributed by atoms with van der Waals surface area (Å²) in [6, 6.07) is 8.84. The first-order valence-corrected chi connectivity index (χ1v) is 12.3. The van der Waals surface area contributed by atoms with Crippen LogP contribution in [0.1, 0.15) is 68.0 Å². The molecule has 5 heteroatoms. The van der Waals surface area contributed by atoms with Crippen LogP contribution in [0.2, 0.25) is 0 Å². The van der Waals surface area contributed by atoms with Gasteiger partial charge >= 0.3 is 0 Å². The Morgan fingerprint density at radius 1 is 1.00 bits per heavy atom. The summed E-state index contributed by atoms with van der Waals surface area (Å²) < 4.78 is 9.18. The fourth-order valence-electron chi connectivity index (χ4n) is 5.05. The lowest BCUT2D eigenvalue weighted by molar-refractivity contribution is -0.0276. The standard InChI is InChI=1S/C24H33N3OS/c1-26-14-12-19(13-15-26)28-23-21-10-6-5-7-18(21)11-16-27-17-22(25-24(23)27)29-20-8-3-2-4-9-20/h5-7,10,17,19-20,23H,2-4,8-9,11-16H2,1H3. The van der Waals surface area contributed by atoms with Gasteiger partial charge in [-0.05, 0) is 50.3 Å². The fraction of sp³-hybridized carbons (Fsp3) is 0.625. The molecular weight excluding hydrogens is 378 g/mol. The number of thioether (sulfide) groups is 1. The first-order chi connectivity index (χ1) is 14.3. The van der Waals surface area contributed by atoms with Crippen LogP contribution < -0.4 is 0 Å². The Labute approximate surface area is 179 Å². The number of hydrogen-bond donors (Lipinski definition) is 0. The maximum atomic E-state index is 6.80. The Bertz CT molecular complexity index is 821. The van der Waals surface area contributed by atoms with Gasteiger partial charge in [0.2, 0.25) is 0 Å². The van der Waals surface area contributed by atoms with Gasteiger partial charge in [-0.3, -0.25) is 0 Å². The van der Waals surface area contributed by atoms with Crippen molar-refractivity contribution < 1.29 is 4.74 Å². The van der Waals surface area contributed by atoms with Crippen molar-refractivity contribution in [1.82, 2.24) is 14.5 Å². The normalized spacial score (nSPS) is 24.1. The molecule has 5 rings (SSSR count). The minimum atomic E-state index is -0.0391. The predicted molar refractivity (Wildman–Crippen MR) is 119 cm³/mol. The number of aromatic nitrogens is 2. The first-order valence-electron chi connectivity index (χ1n) is 11.4. The molecule has 0 amide bonds. The Hall–Kier alpha value is -1.30. The number of fused-ring (bicyclic) bond motifs is 2. The average Bonchev–Trinajstić information content (AvgIpc) is 3.09. The van der Waals surface area contributed by atoms with Gasteiger partial charge in [-0.1, -0.05) is 43.5 Å². The molecule has 2 aromatic rings. The summed E-state index contributed by atoms with van der Waals surface area (Å²) in [4.78, 5) is 7.56. The van der Waals surface area contributed by atoms with Crippen molar-refractivity contribution in [3.63, 3.8) is 0 Å². The van der Waals surface area contributed by atoms with Gasteiger partial charge in [0, 0.05) is 31.1 Å². The molecule has 1 aromatic carbocycles. The average molecular weight is 412 g/mol. The van der Waals surface area contributed by atoms with Crippen LogP contribution in [0.3, 0.4) is 0 Å². The fourth-order valence-corrected chi connectivity index (χ4v) is 6.29. The third-order valence-electron chi connectivity index (χ3n) is 6.81. The SMILES string of the molecule is CN1CCC(OC2c3ccccc3CCn3cc(SC4CCCCC4)nc32)CC1. The topological polar surface area (TPSA) is 30.3 Å². The lowest BCUT2D eigenvalue weighted by Gasteiger charge is -2.32. The highest BCUT2D eigenvalue weighted by atomic mass is 32.2. The van der Waals surface area contributed by atoms with Crippen LogP contribution in [0.4, 0.5) is 0 Å². The zero-order valence-corrected chi connectivity index (χ0v) is 18.4. The van der Waals surface area contributed by atoms with Gasteiger partial charge in [-0.15, -0.1) is 11.8 Å². The van der Waals surface area contributed by atoms with Crippen LogP contribution in [0, 0.1) is 0 Å². The van der Waals surface area contributed by atoms with Crippen molar-refractivity contribution >= 4 is 11.8 Å². The van der Waals surface area contributed by atoms with Gasteiger partial charge in [0.15, 0.2) is 0 Å². The molecule has 1 saturated heterocycles. The number of hydrogen-bond acceptors (Lipinski definition) is 4. The van der Waals surface area contributed by atoms with Crippen molar-refractivity contribution in [1.29, 1.82) is 0 Å². The molecule has 1 unspecified atom stereocenters. The molecule has 1 atom stereocenters. The Morgan fingerprint density at radius 3 is 2.62 bits per heavy atom. The molecule has 0 bridgehead atoms. The second-order valence-corrected chi connectivity index (χ2v) is 10.3. The number of benzene rings is 1. The van der Waals surface area contributed by atoms with E-state index in [0.29, 0.717) is 6.10 Å². The lowest BCUT2D eigenvalue weighted by Crippen LogP contribution is -2.35. The summed E-state index contributed by atoms with van der Waals surface area (Å²) >= 11 is 2.00. The van der Waals surface area contributed by atoms with Crippen molar-refractivity contribution in [2.75, 3.05) is 20.1 Å². The van der Waals surface area contributed by atoms with E-state index in [0.717, 1.165) is 50.0 Å². The second-order valence-electron chi connectivity index (χ2n) is 8.98. The lowest BCUT2D eigenvalue weighted by atomic mass is 10.00. The van der Waals surface area contributed by atoms with Gasteiger partial charge < -0.3 is 14.2 Å². The maximum Gasteiger partial charge on any atom is 0.144 e. The van der Waals surface area contributed by atoms with Gasteiger partial charge in [-0.2, -0.15) is 0 Å². The summed E-state index contributed by atoms with van der Waals surface area (Å²) in [5.41, 5.74) is 2.74. The van der Waals surface area contributed by atoms with Crippen molar-refractivity contribution in [2.24, 2.45) is 0 Å². The van der Waals surface area contributed by atoms with E-state index in [9.17, 15) is 0 Å². The van der Waals surface area contributed by atoms with Gasteiger partial charge in [0.05, 0.1) is 6.10 Å². The van der Waals surface area contributed by atoms with Crippen LogP contribution in [0.25, 0.3) is 0 Å². The number of ether oxygens (including phenoxy) is 1. The molecule has 0 spiro atoms. The molecule has 4 nitrogen and oxygen atoms in total. The minimum absolute atomic E-state index is 0.0391. The van der Waals surface area contributed by atoms with E-state index in [1.165, 1.54) is 48.3 Å². The van der Waals surface area contributed by atoms with E-state index < -0.39 is 0 Å². The van der Waals surface area contributed by atoms with Crippen molar-refractivity contribution in [3.8, 4) is 0 Å². The van der Waals surface area contributed by atoms with E-state index in [1.807, 2.05) is 11.8 Å². The second kappa shape index (κ2) is 8.83. The molecule has 3 heterocycles. The van der Waals surface area contributed by atoms with Crippen LogP contribution in [-0.4, -0.2) is 45.9 Å². The molecule has 0 N–H and O–H groups in total. The summed E-state index contributed by atoms with van der Waals surface area (Å²) in [5, 5.41) is 1.94. The van der Waals surface area contributed by atoms with Crippen LogP contribution >= 0.6 is 11.8 Å². The molecule has 1 aromatic heterocycles. The third kappa shape index (κ3) is 4.42. The Morgan fingerprint density at radius 2 is 1.79 bits per heavy atom. The number of piperidine rings is 1. The molecule has 0 radical (unpaired) electrons. The van der Waals surface area contributed by atoms with Crippen LogP contribution in [-0.2, 0) is 17.7 Å². The first kappa shape index (κ1) is 19.7. The molecular formula is C24H33N3OS. The molecule has 29 heavy (non-hydrogen) atoms. The smallest absolute Gasteiger partial charge is 0.144 e. The molecule has 1 aliphatic carbocycles. The minimum Gasteiger partial charge on any atom is -0.362 e. The highest BCUT2D eigenvalue weighted by molar-refractivity contribution is 7.99. The quantitative estimate of drug-likeness (QED) is 0.703. The summed E-state index contributed by atoms with van der Waals surface area (Å²) in [5.74, 6) is 1.12. The monoisotopic (exact) mass is 411 g/mol. The largest absolute Gasteiger partial charge is 0.362 e. The predicted octanol–water partition coefficient (Wildman–Crippen LogP) is 5.06. The zero-order valence-electron chi connectivity index (χ0n) is 17.6. The zero-order chi connectivity index (χ0) is 19.6. The van der Waals surface area contributed by atoms with Gasteiger partial charge in [-0.25, -0.2) is 4.98 Å². The summed E-state index contributed by atoms with van der Waals surface area (Å²) in [7, 11) is 2.21. The molecule has 1 saturated carbocycles. The molecule has 2 fully saturated rings.